The molecular weight excluding hydrogens is 280 g/mol. The van der Waals surface area contributed by atoms with Crippen molar-refractivity contribution in [2.75, 3.05) is 21.3 Å². The van der Waals surface area contributed by atoms with Crippen LogP contribution in [0.1, 0.15) is 31.2 Å². The molecule has 0 amide bonds. The summed E-state index contributed by atoms with van der Waals surface area (Å²) in [5.74, 6) is -2.46. The van der Waals surface area contributed by atoms with Crippen LogP contribution in [0.15, 0.2) is 18.3 Å². The molecule has 110 valence electrons. The van der Waals surface area contributed by atoms with Crippen molar-refractivity contribution in [1.82, 2.24) is 9.61 Å². The maximum atomic E-state index is 12.0. The summed E-state index contributed by atoms with van der Waals surface area (Å²) in [5, 5.41) is 3.97. The number of rotatable bonds is 3. The molecule has 8 heteroatoms. The number of hydrogen-bond acceptors (Lipinski definition) is 7. The van der Waals surface area contributed by atoms with Gasteiger partial charge < -0.3 is 14.2 Å². The Kier molecular flexibility index (Phi) is 3.88. The Bertz CT molecular complexity index is 681. The maximum absolute atomic E-state index is 12.0. The molecule has 0 fully saturated rings. The molecule has 21 heavy (non-hydrogen) atoms. The van der Waals surface area contributed by atoms with Gasteiger partial charge in [-0.05, 0) is 12.1 Å². The van der Waals surface area contributed by atoms with Crippen LogP contribution in [0.3, 0.4) is 0 Å². The molecule has 0 aliphatic carbocycles. The molecule has 0 radical (unpaired) electrons. The van der Waals surface area contributed by atoms with Crippen molar-refractivity contribution in [2.24, 2.45) is 0 Å². The van der Waals surface area contributed by atoms with Crippen molar-refractivity contribution in [3.63, 3.8) is 0 Å². The van der Waals surface area contributed by atoms with Crippen molar-refractivity contribution >= 4 is 23.4 Å². The number of methoxy groups -OCH3 is 3. The molecule has 0 unspecified atom stereocenters. The van der Waals surface area contributed by atoms with E-state index in [0.29, 0.717) is 0 Å². The van der Waals surface area contributed by atoms with Crippen LogP contribution < -0.4 is 0 Å². The summed E-state index contributed by atoms with van der Waals surface area (Å²) in [6.07, 6.45) is 1.40. The fourth-order valence-corrected chi connectivity index (χ4v) is 1.99. The van der Waals surface area contributed by atoms with Crippen molar-refractivity contribution in [1.29, 1.82) is 0 Å². The van der Waals surface area contributed by atoms with E-state index in [0.717, 1.165) is 18.7 Å². The van der Waals surface area contributed by atoms with E-state index in [1.54, 1.807) is 6.07 Å². The van der Waals surface area contributed by atoms with Gasteiger partial charge in [-0.15, -0.1) is 0 Å². The molecule has 0 saturated heterocycles. The van der Waals surface area contributed by atoms with Crippen LogP contribution >= 0.6 is 0 Å². The van der Waals surface area contributed by atoms with E-state index < -0.39 is 17.9 Å². The standard InChI is InChI=1S/C13H12N2O6/c1-19-11(16)8-7-5-4-6-14-15(7)10(13(18)21-3)9(8)12(17)20-2/h4-6H,1-3H3. The van der Waals surface area contributed by atoms with Gasteiger partial charge in [-0.3, -0.25) is 0 Å². The van der Waals surface area contributed by atoms with Crippen molar-refractivity contribution in [2.45, 2.75) is 0 Å². The van der Waals surface area contributed by atoms with Crippen molar-refractivity contribution in [3.8, 4) is 0 Å². The monoisotopic (exact) mass is 292 g/mol. The number of fused-ring (bicyclic) bond motifs is 1. The molecule has 0 aliphatic heterocycles. The largest absolute Gasteiger partial charge is 0.465 e. The lowest BCUT2D eigenvalue weighted by molar-refractivity contribution is 0.0536. The highest BCUT2D eigenvalue weighted by Gasteiger charge is 2.33. The van der Waals surface area contributed by atoms with E-state index in [1.165, 1.54) is 19.4 Å². The molecule has 8 nitrogen and oxygen atoms in total. The zero-order valence-corrected chi connectivity index (χ0v) is 11.6. The Hall–Kier alpha value is -2.90. The zero-order chi connectivity index (χ0) is 15.6. The number of carbonyl (C=O) groups excluding carboxylic acids is 3. The van der Waals surface area contributed by atoms with Crippen LogP contribution in [-0.2, 0) is 14.2 Å². The maximum Gasteiger partial charge on any atom is 0.357 e. The highest BCUT2D eigenvalue weighted by molar-refractivity contribution is 6.14. The minimum absolute atomic E-state index is 0.0992. The van der Waals surface area contributed by atoms with Gasteiger partial charge in [0, 0.05) is 6.20 Å². The van der Waals surface area contributed by atoms with E-state index in [-0.39, 0.29) is 22.3 Å². The van der Waals surface area contributed by atoms with Gasteiger partial charge >= 0.3 is 17.9 Å². The Morgan fingerprint density at radius 3 is 2.10 bits per heavy atom. The lowest BCUT2D eigenvalue weighted by Crippen LogP contribution is -2.15. The average Bonchev–Trinajstić information content (AvgIpc) is 2.87. The van der Waals surface area contributed by atoms with Crippen LogP contribution in [0.25, 0.3) is 5.52 Å². The van der Waals surface area contributed by atoms with Gasteiger partial charge in [0.2, 0.25) is 0 Å². The van der Waals surface area contributed by atoms with Crippen LogP contribution in [0.2, 0.25) is 0 Å². The first kappa shape index (κ1) is 14.5. The Morgan fingerprint density at radius 1 is 0.952 bits per heavy atom. The number of hydrogen-bond donors (Lipinski definition) is 0. The molecule has 0 N–H and O–H groups in total. The first-order valence-electron chi connectivity index (χ1n) is 5.81. The predicted molar refractivity (Wildman–Crippen MR) is 69.2 cm³/mol. The number of nitrogens with zero attached hydrogens (tertiary/aromatic N) is 2. The Morgan fingerprint density at radius 2 is 1.52 bits per heavy atom. The minimum atomic E-state index is -0.860. The van der Waals surface area contributed by atoms with Gasteiger partial charge in [-0.2, -0.15) is 5.10 Å². The number of aromatic nitrogens is 2. The predicted octanol–water partition coefficient (Wildman–Crippen LogP) is 0.694. The molecule has 0 aliphatic rings. The molecule has 0 bridgehead atoms. The number of ether oxygens (including phenoxy) is 3. The molecule has 0 aromatic carbocycles. The van der Waals surface area contributed by atoms with Gasteiger partial charge in [0.1, 0.15) is 11.1 Å². The fourth-order valence-electron chi connectivity index (χ4n) is 1.99. The smallest absolute Gasteiger partial charge is 0.357 e. The van der Waals surface area contributed by atoms with E-state index in [2.05, 4.69) is 19.3 Å². The van der Waals surface area contributed by atoms with Crippen LogP contribution in [0.5, 0.6) is 0 Å². The summed E-state index contributed by atoms with van der Waals surface area (Å²) < 4.78 is 15.1. The molecular formula is C13H12N2O6. The highest BCUT2D eigenvalue weighted by atomic mass is 16.5. The Labute approximate surface area is 119 Å². The summed E-state index contributed by atoms with van der Waals surface area (Å²) in [7, 11) is 3.46. The van der Waals surface area contributed by atoms with E-state index in [9.17, 15) is 14.4 Å². The molecule has 2 aromatic heterocycles. The number of carbonyl (C=O) groups is 3. The highest BCUT2D eigenvalue weighted by Crippen LogP contribution is 2.25. The van der Waals surface area contributed by atoms with Gasteiger partial charge in [0.25, 0.3) is 0 Å². The van der Waals surface area contributed by atoms with Crippen LogP contribution in [0, 0.1) is 0 Å². The Balaban J connectivity index is 2.95. The van der Waals surface area contributed by atoms with E-state index >= 15 is 0 Å². The first-order valence-corrected chi connectivity index (χ1v) is 5.81. The lowest BCUT2D eigenvalue weighted by atomic mass is 10.1. The summed E-state index contributed by atoms with van der Waals surface area (Å²) in [6.45, 7) is 0. The second-order valence-electron chi connectivity index (χ2n) is 3.89. The molecule has 0 spiro atoms. The average molecular weight is 292 g/mol. The van der Waals surface area contributed by atoms with Gasteiger partial charge in [-0.1, -0.05) is 0 Å². The number of esters is 3. The quantitative estimate of drug-likeness (QED) is 0.606. The second-order valence-corrected chi connectivity index (χ2v) is 3.89. The molecule has 2 heterocycles. The van der Waals surface area contributed by atoms with Gasteiger partial charge in [0.15, 0.2) is 5.69 Å². The summed E-state index contributed by atoms with van der Waals surface area (Å²) >= 11 is 0. The van der Waals surface area contributed by atoms with E-state index in [4.69, 9.17) is 0 Å². The first-order chi connectivity index (χ1) is 10.1. The third kappa shape index (κ3) is 2.20. The SMILES string of the molecule is COC(=O)c1c(C(=O)OC)c2cccnn2c1C(=O)OC. The van der Waals surface area contributed by atoms with Gasteiger partial charge in [-0.25, -0.2) is 18.9 Å². The molecule has 0 saturated carbocycles. The third-order valence-corrected chi connectivity index (χ3v) is 2.86. The van der Waals surface area contributed by atoms with Gasteiger partial charge in [0.05, 0.1) is 26.8 Å². The normalized spacial score (nSPS) is 10.2. The van der Waals surface area contributed by atoms with Crippen molar-refractivity contribution < 1.29 is 28.6 Å². The fraction of sp³-hybridized carbons (Fsp3) is 0.231. The van der Waals surface area contributed by atoms with Crippen molar-refractivity contribution in [3.05, 3.63) is 35.2 Å². The molecule has 0 atom stereocenters. The topological polar surface area (TPSA) is 96.2 Å². The minimum Gasteiger partial charge on any atom is -0.465 e. The second kappa shape index (κ2) is 5.61. The lowest BCUT2D eigenvalue weighted by Gasteiger charge is -2.03. The third-order valence-electron chi connectivity index (χ3n) is 2.86. The zero-order valence-electron chi connectivity index (χ0n) is 11.6. The van der Waals surface area contributed by atoms with Crippen LogP contribution in [-0.4, -0.2) is 48.9 Å². The summed E-state index contributed by atoms with van der Waals surface area (Å²) in [5.41, 5.74) is -0.293. The van der Waals surface area contributed by atoms with E-state index in [1.807, 2.05) is 0 Å². The summed E-state index contributed by atoms with van der Waals surface area (Å²) in [6, 6.07) is 3.09. The molecule has 2 aromatic rings. The summed E-state index contributed by atoms with van der Waals surface area (Å²) in [4.78, 5) is 35.9. The molecule has 2 rings (SSSR count). The van der Waals surface area contributed by atoms with Crippen LogP contribution in [0.4, 0.5) is 0 Å².